The van der Waals surface area contributed by atoms with Gasteiger partial charge in [-0.1, -0.05) is 12.1 Å². The Hall–Kier alpha value is -3.26. The standard InChI is InChI=1S/C19H15FN2O4S/c1-12(23)22(17-5-3-2-4-16(17)20)19-21-14(11-27-19)10-26-18(25)13-6-8-15(24)9-7-13/h2-9,11,24H,10H2,1H3. The van der Waals surface area contributed by atoms with Crippen molar-refractivity contribution in [2.75, 3.05) is 4.90 Å². The lowest BCUT2D eigenvalue weighted by atomic mass is 10.2. The monoisotopic (exact) mass is 386 g/mol. The number of aromatic hydroxyl groups is 1. The van der Waals surface area contributed by atoms with Crippen molar-refractivity contribution in [1.82, 2.24) is 4.98 Å². The third-order valence-corrected chi connectivity index (χ3v) is 4.47. The van der Waals surface area contributed by atoms with Gasteiger partial charge in [-0.3, -0.25) is 9.69 Å². The highest BCUT2D eigenvalue weighted by Gasteiger charge is 2.21. The molecule has 0 bridgehead atoms. The number of halogens is 1. The Morgan fingerprint density at radius 3 is 2.56 bits per heavy atom. The molecular weight excluding hydrogens is 371 g/mol. The predicted molar refractivity (Wildman–Crippen MR) is 98.6 cm³/mol. The summed E-state index contributed by atoms with van der Waals surface area (Å²) in [5.41, 5.74) is 0.830. The number of phenols is 1. The third kappa shape index (κ3) is 4.29. The first kappa shape index (κ1) is 18.5. The van der Waals surface area contributed by atoms with Crippen LogP contribution in [0.15, 0.2) is 53.9 Å². The second-order valence-electron chi connectivity index (χ2n) is 5.55. The summed E-state index contributed by atoms with van der Waals surface area (Å²) in [6.45, 7) is 1.22. The van der Waals surface area contributed by atoms with Crippen LogP contribution in [0.5, 0.6) is 5.75 Å². The van der Waals surface area contributed by atoms with Crippen molar-refractivity contribution in [3.63, 3.8) is 0 Å². The van der Waals surface area contributed by atoms with Crippen molar-refractivity contribution in [3.05, 3.63) is 71.0 Å². The van der Waals surface area contributed by atoms with Crippen molar-refractivity contribution in [2.24, 2.45) is 0 Å². The molecule has 2 aromatic carbocycles. The van der Waals surface area contributed by atoms with E-state index in [-0.39, 0.29) is 29.1 Å². The maximum atomic E-state index is 14.1. The number of aromatic nitrogens is 1. The van der Waals surface area contributed by atoms with E-state index in [1.165, 1.54) is 54.3 Å². The fraction of sp³-hybridized carbons (Fsp3) is 0.105. The van der Waals surface area contributed by atoms with E-state index < -0.39 is 11.8 Å². The van der Waals surface area contributed by atoms with Gasteiger partial charge in [0.15, 0.2) is 5.13 Å². The number of hydrogen-bond donors (Lipinski definition) is 1. The molecule has 1 amide bonds. The average Bonchev–Trinajstić information content (AvgIpc) is 3.10. The molecule has 0 unspecified atom stereocenters. The zero-order valence-electron chi connectivity index (χ0n) is 14.3. The van der Waals surface area contributed by atoms with Crippen LogP contribution in [0.25, 0.3) is 0 Å². The average molecular weight is 386 g/mol. The van der Waals surface area contributed by atoms with Gasteiger partial charge in [-0.25, -0.2) is 14.2 Å². The lowest BCUT2D eigenvalue weighted by molar-refractivity contribution is -0.115. The summed E-state index contributed by atoms with van der Waals surface area (Å²) >= 11 is 1.14. The fourth-order valence-electron chi connectivity index (χ4n) is 2.33. The molecule has 138 valence electrons. The molecule has 3 rings (SSSR count). The lowest BCUT2D eigenvalue weighted by Crippen LogP contribution is -2.23. The number of phenolic OH excluding ortho intramolecular Hbond substituents is 1. The minimum atomic E-state index is -0.568. The van der Waals surface area contributed by atoms with E-state index in [9.17, 15) is 19.1 Å². The van der Waals surface area contributed by atoms with Crippen molar-refractivity contribution < 1.29 is 23.8 Å². The molecule has 1 heterocycles. The first-order chi connectivity index (χ1) is 13.0. The van der Waals surface area contributed by atoms with Gasteiger partial charge >= 0.3 is 5.97 Å². The Bertz CT molecular complexity index is 972. The van der Waals surface area contributed by atoms with Crippen LogP contribution >= 0.6 is 11.3 Å². The second-order valence-corrected chi connectivity index (χ2v) is 6.39. The quantitative estimate of drug-likeness (QED) is 0.670. The van der Waals surface area contributed by atoms with Gasteiger partial charge in [-0.15, -0.1) is 11.3 Å². The van der Waals surface area contributed by atoms with E-state index in [1.807, 2.05) is 0 Å². The van der Waals surface area contributed by atoms with Crippen LogP contribution in [-0.4, -0.2) is 22.0 Å². The predicted octanol–water partition coefficient (Wildman–Crippen LogP) is 4.03. The second kappa shape index (κ2) is 7.96. The SMILES string of the molecule is CC(=O)N(c1nc(COC(=O)c2ccc(O)cc2)cs1)c1ccccc1F. The molecule has 0 fully saturated rings. The lowest BCUT2D eigenvalue weighted by Gasteiger charge is -2.18. The Labute approximate surface area is 158 Å². The minimum Gasteiger partial charge on any atom is -0.508 e. The number of esters is 1. The summed E-state index contributed by atoms with van der Waals surface area (Å²) in [5, 5.41) is 11.2. The van der Waals surface area contributed by atoms with Crippen LogP contribution in [0.3, 0.4) is 0 Å². The van der Waals surface area contributed by atoms with Crippen molar-refractivity contribution in [3.8, 4) is 5.75 Å². The highest BCUT2D eigenvalue weighted by Crippen LogP contribution is 2.30. The molecule has 6 nitrogen and oxygen atoms in total. The summed E-state index contributed by atoms with van der Waals surface area (Å²) in [4.78, 5) is 29.4. The molecule has 27 heavy (non-hydrogen) atoms. The van der Waals surface area contributed by atoms with Gasteiger partial charge in [0.25, 0.3) is 0 Å². The number of anilines is 2. The molecule has 0 radical (unpaired) electrons. The van der Waals surface area contributed by atoms with Crippen LogP contribution in [-0.2, 0) is 16.1 Å². The van der Waals surface area contributed by atoms with Gasteiger partial charge in [0.1, 0.15) is 18.2 Å². The number of nitrogens with zero attached hydrogens (tertiary/aromatic N) is 2. The zero-order chi connectivity index (χ0) is 19.4. The third-order valence-electron chi connectivity index (χ3n) is 3.59. The van der Waals surface area contributed by atoms with Crippen molar-refractivity contribution in [1.29, 1.82) is 0 Å². The number of para-hydroxylation sites is 1. The summed E-state index contributed by atoms with van der Waals surface area (Å²) < 4.78 is 19.2. The van der Waals surface area contributed by atoms with Gasteiger partial charge in [0.2, 0.25) is 5.91 Å². The molecule has 1 aromatic heterocycles. The van der Waals surface area contributed by atoms with Crippen LogP contribution in [0.1, 0.15) is 23.0 Å². The van der Waals surface area contributed by atoms with E-state index in [2.05, 4.69) is 4.98 Å². The molecule has 0 aliphatic rings. The number of carbonyl (C=O) groups excluding carboxylic acids is 2. The Kier molecular flexibility index (Phi) is 5.46. The highest BCUT2D eigenvalue weighted by atomic mass is 32.1. The number of amides is 1. The zero-order valence-corrected chi connectivity index (χ0v) is 15.1. The molecule has 0 spiro atoms. The maximum Gasteiger partial charge on any atom is 0.338 e. The van der Waals surface area contributed by atoms with Gasteiger partial charge in [0.05, 0.1) is 16.9 Å². The number of carbonyl (C=O) groups is 2. The van der Waals surface area contributed by atoms with Crippen molar-refractivity contribution >= 4 is 34.0 Å². The Morgan fingerprint density at radius 1 is 1.19 bits per heavy atom. The topological polar surface area (TPSA) is 79.7 Å². The largest absolute Gasteiger partial charge is 0.508 e. The fourth-order valence-corrected chi connectivity index (χ4v) is 3.19. The van der Waals surface area contributed by atoms with E-state index in [4.69, 9.17) is 4.74 Å². The van der Waals surface area contributed by atoms with E-state index in [0.29, 0.717) is 11.3 Å². The molecule has 0 aliphatic carbocycles. The van der Waals surface area contributed by atoms with Gasteiger partial charge in [0, 0.05) is 12.3 Å². The van der Waals surface area contributed by atoms with E-state index >= 15 is 0 Å². The number of ether oxygens (including phenoxy) is 1. The maximum absolute atomic E-state index is 14.1. The highest BCUT2D eigenvalue weighted by molar-refractivity contribution is 7.14. The van der Waals surface area contributed by atoms with Gasteiger partial charge in [-0.05, 0) is 36.4 Å². The molecule has 8 heteroatoms. The Morgan fingerprint density at radius 2 is 1.89 bits per heavy atom. The summed E-state index contributed by atoms with van der Waals surface area (Å²) in [6, 6.07) is 11.6. The summed E-state index contributed by atoms with van der Waals surface area (Å²) in [7, 11) is 0. The van der Waals surface area contributed by atoms with Gasteiger partial charge in [-0.2, -0.15) is 0 Å². The molecular formula is C19H15FN2O4S. The van der Waals surface area contributed by atoms with E-state index in [1.54, 1.807) is 11.4 Å². The molecule has 1 N–H and O–H groups in total. The summed E-state index contributed by atoms with van der Waals surface area (Å²) in [6.07, 6.45) is 0. The summed E-state index contributed by atoms with van der Waals surface area (Å²) in [5.74, 6) is -1.44. The molecule has 0 aliphatic heterocycles. The van der Waals surface area contributed by atoms with Crippen molar-refractivity contribution in [2.45, 2.75) is 13.5 Å². The van der Waals surface area contributed by atoms with E-state index in [0.717, 1.165) is 11.3 Å². The minimum absolute atomic E-state index is 0.0492. The van der Waals surface area contributed by atoms with Crippen LogP contribution < -0.4 is 4.90 Å². The number of rotatable bonds is 5. The first-order valence-electron chi connectivity index (χ1n) is 7.91. The van der Waals surface area contributed by atoms with Crippen LogP contribution in [0, 0.1) is 5.82 Å². The van der Waals surface area contributed by atoms with Gasteiger partial charge < -0.3 is 9.84 Å². The molecule has 0 saturated heterocycles. The number of hydrogen-bond acceptors (Lipinski definition) is 6. The van der Waals surface area contributed by atoms with Crippen LogP contribution in [0.2, 0.25) is 0 Å². The Balaban J connectivity index is 1.73. The smallest absolute Gasteiger partial charge is 0.338 e. The number of thiazole rings is 1. The molecule has 0 saturated carbocycles. The van der Waals surface area contributed by atoms with Crippen LogP contribution in [0.4, 0.5) is 15.2 Å². The molecule has 3 aromatic rings. The molecule has 0 atom stereocenters. The normalized spacial score (nSPS) is 10.4. The first-order valence-corrected chi connectivity index (χ1v) is 8.79. The number of benzene rings is 2.